The van der Waals surface area contributed by atoms with Gasteiger partial charge in [0.25, 0.3) is 0 Å². The minimum Gasteiger partial charge on any atom is -0.256 e. The molecule has 0 bridgehead atoms. The van der Waals surface area contributed by atoms with E-state index in [1.165, 1.54) is 26.8 Å². The molecule has 0 aromatic heterocycles. The highest BCUT2D eigenvalue weighted by Crippen LogP contribution is 2.26. The summed E-state index contributed by atoms with van der Waals surface area (Å²) in [5.41, 5.74) is 2.45. The van der Waals surface area contributed by atoms with Gasteiger partial charge in [-0.25, -0.2) is 0 Å². The van der Waals surface area contributed by atoms with Crippen molar-refractivity contribution in [2.24, 2.45) is 4.99 Å². The molecule has 0 N–H and O–H groups in total. The van der Waals surface area contributed by atoms with Gasteiger partial charge >= 0.3 is 0 Å². The zero-order valence-corrected chi connectivity index (χ0v) is 8.64. The van der Waals surface area contributed by atoms with E-state index in [9.17, 15) is 0 Å². The summed E-state index contributed by atoms with van der Waals surface area (Å²) >= 11 is 0. The zero-order valence-electron chi connectivity index (χ0n) is 8.64. The van der Waals surface area contributed by atoms with E-state index >= 15 is 0 Å². The fourth-order valence-electron chi connectivity index (χ4n) is 2.58. The van der Waals surface area contributed by atoms with Gasteiger partial charge in [0, 0.05) is 16.8 Å². The van der Waals surface area contributed by atoms with Gasteiger partial charge in [-0.05, 0) is 22.2 Å². The fraction of sp³-hybridized carbons (Fsp3) is 0. The van der Waals surface area contributed by atoms with Crippen LogP contribution in [0, 0.1) is 0 Å². The van der Waals surface area contributed by atoms with Crippen LogP contribution in [0.25, 0.3) is 29.0 Å². The Labute approximate surface area is 92.8 Å². The maximum Gasteiger partial charge on any atom is 0.0787 e. The number of hydrogen-bond acceptors (Lipinski definition) is 1. The van der Waals surface area contributed by atoms with Crippen molar-refractivity contribution in [2.45, 2.75) is 0 Å². The predicted molar refractivity (Wildman–Crippen MR) is 69.3 cm³/mol. The molecule has 2 aromatic carbocycles. The Balaban J connectivity index is 2.43. The average molecular weight is 203 g/mol. The van der Waals surface area contributed by atoms with Crippen molar-refractivity contribution in [3.8, 4) is 0 Å². The second-order valence-electron chi connectivity index (χ2n) is 4.11. The van der Waals surface area contributed by atoms with E-state index in [1.807, 2.05) is 6.21 Å². The summed E-state index contributed by atoms with van der Waals surface area (Å²) in [5.74, 6) is 0. The number of nitrogens with zero attached hydrogens (tertiary/aromatic N) is 1. The van der Waals surface area contributed by atoms with Crippen molar-refractivity contribution in [2.75, 3.05) is 0 Å². The Kier molecular flexibility index (Phi) is 1.36. The van der Waals surface area contributed by atoms with Gasteiger partial charge in [-0.1, -0.05) is 42.5 Å². The van der Waals surface area contributed by atoms with E-state index in [0.717, 1.165) is 5.69 Å². The second kappa shape index (κ2) is 2.70. The Hall–Kier alpha value is -2.15. The lowest BCUT2D eigenvalue weighted by molar-refractivity contribution is 1.51. The van der Waals surface area contributed by atoms with Gasteiger partial charge in [0.05, 0.1) is 5.69 Å². The molecule has 0 spiro atoms. The van der Waals surface area contributed by atoms with Gasteiger partial charge in [-0.2, -0.15) is 0 Å². The summed E-state index contributed by atoms with van der Waals surface area (Å²) in [6.45, 7) is 0. The van der Waals surface area contributed by atoms with Crippen molar-refractivity contribution >= 4 is 40.9 Å². The van der Waals surface area contributed by atoms with Crippen LogP contribution in [0.1, 0.15) is 5.56 Å². The molecule has 0 atom stereocenters. The first kappa shape index (κ1) is 8.05. The van der Waals surface area contributed by atoms with Crippen LogP contribution >= 0.6 is 0 Å². The van der Waals surface area contributed by atoms with E-state index in [-0.39, 0.29) is 0 Å². The number of rotatable bonds is 0. The molecule has 0 amide bonds. The number of aliphatic imine (C=N–C) groups is 1. The van der Waals surface area contributed by atoms with Gasteiger partial charge in [0.2, 0.25) is 0 Å². The topological polar surface area (TPSA) is 12.4 Å². The summed E-state index contributed by atoms with van der Waals surface area (Å²) in [5, 5.41) is 5.12. The summed E-state index contributed by atoms with van der Waals surface area (Å²) < 4.78 is 0. The molecule has 16 heavy (non-hydrogen) atoms. The lowest BCUT2D eigenvalue weighted by atomic mass is 10.0. The number of allylic oxidation sites excluding steroid dienone is 1. The SMILES string of the molecule is C1=Cc2c(c3c(c4ccccc24)N=CC=3)=C1. The van der Waals surface area contributed by atoms with E-state index < -0.39 is 0 Å². The Morgan fingerprint density at radius 1 is 0.875 bits per heavy atom. The average Bonchev–Trinajstić information content (AvgIpc) is 2.98. The first-order valence-corrected chi connectivity index (χ1v) is 5.43. The van der Waals surface area contributed by atoms with E-state index in [2.05, 4.69) is 53.6 Å². The molecular weight excluding hydrogens is 194 g/mol. The first-order chi connectivity index (χ1) is 7.95. The summed E-state index contributed by atoms with van der Waals surface area (Å²) in [7, 11) is 0. The van der Waals surface area contributed by atoms with Crippen LogP contribution < -0.4 is 10.4 Å². The minimum absolute atomic E-state index is 1.12. The number of hydrogen-bond donors (Lipinski definition) is 0. The molecule has 1 aliphatic heterocycles. The second-order valence-corrected chi connectivity index (χ2v) is 4.11. The summed E-state index contributed by atoms with van der Waals surface area (Å²) in [6.07, 6.45) is 10.5. The molecule has 0 saturated heterocycles. The molecule has 2 aromatic rings. The zero-order chi connectivity index (χ0) is 10.5. The highest BCUT2D eigenvalue weighted by molar-refractivity contribution is 6.07. The first-order valence-electron chi connectivity index (χ1n) is 5.43. The van der Waals surface area contributed by atoms with E-state index in [4.69, 9.17) is 0 Å². The largest absolute Gasteiger partial charge is 0.256 e. The molecule has 1 heterocycles. The molecule has 1 aliphatic carbocycles. The fourth-order valence-corrected chi connectivity index (χ4v) is 2.58. The molecule has 74 valence electrons. The molecular formula is C15H9N. The van der Waals surface area contributed by atoms with Gasteiger partial charge in [0.15, 0.2) is 0 Å². The van der Waals surface area contributed by atoms with Crippen LogP contribution in [0.5, 0.6) is 0 Å². The number of fused-ring (bicyclic) bond motifs is 6. The highest BCUT2D eigenvalue weighted by Gasteiger charge is 2.11. The van der Waals surface area contributed by atoms with Crippen LogP contribution in [-0.4, -0.2) is 6.21 Å². The van der Waals surface area contributed by atoms with Crippen molar-refractivity contribution in [3.63, 3.8) is 0 Å². The molecule has 0 radical (unpaired) electrons. The molecule has 2 aliphatic rings. The van der Waals surface area contributed by atoms with E-state index in [1.54, 1.807) is 0 Å². The molecule has 0 saturated carbocycles. The normalized spacial score (nSPS) is 14.8. The summed E-state index contributed by atoms with van der Waals surface area (Å²) in [6, 6.07) is 8.48. The van der Waals surface area contributed by atoms with Crippen molar-refractivity contribution in [3.05, 3.63) is 46.3 Å². The molecule has 0 fully saturated rings. The van der Waals surface area contributed by atoms with Crippen LogP contribution in [0.3, 0.4) is 0 Å². The van der Waals surface area contributed by atoms with Crippen LogP contribution in [0.15, 0.2) is 35.3 Å². The van der Waals surface area contributed by atoms with Crippen molar-refractivity contribution in [1.29, 1.82) is 0 Å². The molecule has 4 rings (SSSR count). The van der Waals surface area contributed by atoms with Crippen LogP contribution in [0.4, 0.5) is 5.69 Å². The monoisotopic (exact) mass is 203 g/mol. The van der Waals surface area contributed by atoms with Gasteiger partial charge in [-0.15, -0.1) is 0 Å². The standard InChI is InChI=1S/C15H9N/c1-2-5-13-11(4-1)10-6-3-7-12(10)14-8-9-16-15(13)14/h1-9H. The molecule has 0 unspecified atom stereocenters. The lowest BCUT2D eigenvalue weighted by Crippen LogP contribution is -2.25. The van der Waals surface area contributed by atoms with Gasteiger partial charge in [0.1, 0.15) is 0 Å². The number of benzene rings is 2. The lowest BCUT2D eigenvalue weighted by Gasteiger charge is -2.05. The third-order valence-electron chi connectivity index (χ3n) is 3.28. The summed E-state index contributed by atoms with van der Waals surface area (Å²) in [4.78, 5) is 4.48. The Morgan fingerprint density at radius 3 is 2.69 bits per heavy atom. The van der Waals surface area contributed by atoms with Gasteiger partial charge in [-0.3, -0.25) is 4.99 Å². The molecule has 1 nitrogen and oxygen atoms in total. The maximum absolute atomic E-state index is 4.48. The van der Waals surface area contributed by atoms with E-state index in [0.29, 0.717) is 0 Å². The van der Waals surface area contributed by atoms with Crippen molar-refractivity contribution in [1.82, 2.24) is 0 Å². The maximum atomic E-state index is 4.48. The Morgan fingerprint density at radius 2 is 1.75 bits per heavy atom. The third-order valence-corrected chi connectivity index (χ3v) is 3.28. The van der Waals surface area contributed by atoms with Crippen LogP contribution in [-0.2, 0) is 0 Å². The Bertz CT molecular complexity index is 724. The van der Waals surface area contributed by atoms with Crippen LogP contribution in [0.2, 0.25) is 0 Å². The minimum atomic E-state index is 1.12. The smallest absolute Gasteiger partial charge is 0.0787 e. The molecule has 1 heteroatoms. The highest BCUT2D eigenvalue weighted by atomic mass is 14.7. The quantitative estimate of drug-likeness (QED) is 0.622. The van der Waals surface area contributed by atoms with Crippen molar-refractivity contribution < 1.29 is 0 Å². The third kappa shape index (κ3) is 0.836. The predicted octanol–water partition coefficient (Wildman–Crippen LogP) is 2.14. The van der Waals surface area contributed by atoms with Gasteiger partial charge < -0.3 is 0 Å².